The first-order valence-electron chi connectivity index (χ1n) is 9.71. The Kier molecular flexibility index (Phi) is 10.7. The van der Waals surface area contributed by atoms with Gasteiger partial charge in [0.15, 0.2) is 0 Å². The Labute approximate surface area is 171 Å². The van der Waals surface area contributed by atoms with Crippen LogP contribution in [0.5, 0.6) is 0 Å². The molecule has 0 bridgehead atoms. The Bertz CT molecular complexity index is 727. The van der Waals surface area contributed by atoms with Gasteiger partial charge in [0.1, 0.15) is 11.5 Å². The number of hydrogen-bond acceptors (Lipinski definition) is 5. The minimum Gasteiger partial charge on any atom is -0.473 e. The van der Waals surface area contributed by atoms with Crippen LogP contribution < -0.4 is 5.73 Å². The second-order valence-corrected chi connectivity index (χ2v) is 7.34. The highest BCUT2D eigenvalue weighted by atomic mass is 16.4. The lowest BCUT2D eigenvalue weighted by molar-refractivity contribution is -0.159. The molecule has 0 amide bonds. The first-order chi connectivity index (χ1) is 13.7. The number of benzene rings is 1. The molecule has 0 aliphatic rings. The third-order valence-electron chi connectivity index (χ3n) is 4.44. The summed E-state index contributed by atoms with van der Waals surface area (Å²) in [5, 5.41) is 24.0. The van der Waals surface area contributed by atoms with Crippen molar-refractivity contribution in [3.05, 3.63) is 59.5 Å². The van der Waals surface area contributed by atoms with Crippen molar-refractivity contribution in [1.29, 1.82) is 0 Å². The predicted molar refractivity (Wildman–Crippen MR) is 110 cm³/mol. The van der Waals surface area contributed by atoms with Crippen LogP contribution in [0.3, 0.4) is 0 Å². The summed E-state index contributed by atoms with van der Waals surface area (Å²) < 4.78 is 5.85. The third-order valence-corrected chi connectivity index (χ3v) is 4.44. The van der Waals surface area contributed by atoms with E-state index in [1.54, 1.807) is 0 Å². The second-order valence-electron chi connectivity index (χ2n) is 7.34. The number of aliphatic hydroxyl groups excluding tert-OH is 1. The zero-order chi connectivity index (χ0) is 21.7. The van der Waals surface area contributed by atoms with Crippen LogP contribution in [0.1, 0.15) is 49.7 Å². The quantitative estimate of drug-likeness (QED) is 0.352. The van der Waals surface area contributed by atoms with Gasteiger partial charge in [-0.2, -0.15) is 0 Å². The smallest absolute Gasteiger partial charge is 0.414 e. The molecular weight excluding hydrogens is 374 g/mol. The molecule has 0 unspecified atom stereocenters. The number of furan rings is 1. The number of carbonyl (C=O) groups is 2. The summed E-state index contributed by atoms with van der Waals surface area (Å²) in [5.74, 6) is -1.62. The first-order valence-corrected chi connectivity index (χ1v) is 9.71. The number of aryl methyl sites for hydroxylation is 3. The molecular formula is C22H31NO6. The van der Waals surface area contributed by atoms with Crippen LogP contribution in [0.4, 0.5) is 0 Å². The Morgan fingerprint density at radius 3 is 2.00 bits per heavy atom. The number of unbranched alkanes of at least 4 members (excludes halogenated alkanes) is 2. The minimum atomic E-state index is -1.82. The van der Waals surface area contributed by atoms with Gasteiger partial charge in [0.25, 0.3) is 0 Å². The molecule has 0 spiro atoms. The molecule has 0 aliphatic carbocycles. The lowest BCUT2D eigenvalue weighted by atomic mass is 9.98. The molecule has 1 heterocycles. The van der Waals surface area contributed by atoms with E-state index < -0.39 is 17.5 Å². The lowest BCUT2D eigenvalue weighted by Crippen LogP contribution is -2.40. The molecule has 0 fully saturated rings. The van der Waals surface area contributed by atoms with E-state index in [2.05, 4.69) is 36.4 Å². The maximum absolute atomic E-state index is 9.17. The molecule has 0 aliphatic heterocycles. The van der Waals surface area contributed by atoms with Crippen molar-refractivity contribution in [3.63, 3.8) is 0 Å². The molecule has 5 N–H and O–H groups in total. The highest BCUT2D eigenvalue weighted by molar-refractivity contribution is 6.27. The van der Waals surface area contributed by atoms with Crippen LogP contribution in [-0.4, -0.2) is 39.4 Å². The van der Waals surface area contributed by atoms with E-state index in [1.807, 2.05) is 13.0 Å². The highest BCUT2D eigenvalue weighted by Gasteiger charge is 2.17. The number of rotatable bonds is 10. The summed E-state index contributed by atoms with van der Waals surface area (Å²) in [5.41, 5.74) is 6.84. The summed E-state index contributed by atoms with van der Waals surface area (Å²) in [4.78, 5) is 18.2. The number of aliphatic hydroxyl groups is 1. The number of aliphatic carboxylic acids is 2. The van der Waals surface area contributed by atoms with Crippen molar-refractivity contribution in [2.24, 2.45) is 5.73 Å². The number of carboxylic acids is 2. The minimum absolute atomic E-state index is 0.00196. The average molecular weight is 405 g/mol. The van der Waals surface area contributed by atoms with E-state index >= 15 is 0 Å². The van der Waals surface area contributed by atoms with Gasteiger partial charge in [0.2, 0.25) is 0 Å². The van der Waals surface area contributed by atoms with Crippen molar-refractivity contribution < 1.29 is 29.3 Å². The van der Waals surface area contributed by atoms with Crippen LogP contribution >= 0.6 is 0 Å². The largest absolute Gasteiger partial charge is 0.473 e. The molecule has 7 nitrogen and oxygen atoms in total. The summed E-state index contributed by atoms with van der Waals surface area (Å²) in [7, 11) is 0. The van der Waals surface area contributed by atoms with Gasteiger partial charge in [-0.1, -0.05) is 36.8 Å². The lowest BCUT2D eigenvalue weighted by Gasteiger charge is -2.20. The van der Waals surface area contributed by atoms with Gasteiger partial charge in [-0.15, -0.1) is 0 Å². The van der Waals surface area contributed by atoms with Gasteiger partial charge < -0.3 is 25.5 Å². The Morgan fingerprint density at radius 2 is 1.45 bits per heavy atom. The molecule has 1 aromatic heterocycles. The highest BCUT2D eigenvalue weighted by Crippen LogP contribution is 2.16. The normalized spacial score (nSPS) is 12.5. The molecule has 160 valence electrons. The maximum atomic E-state index is 9.17. The van der Waals surface area contributed by atoms with Crippen LogP contribution in [0.25, 0.3) is 0 Å². The fourth-order valence-corrected chi connectivity index (χ4v) is 2.63. The topological polar surface area (TPSA) is 134 Å². The molecule has 7 heteroatoms. The van der Waals surface area contributed by atoms with Gasteiger partial charge in [-0.3, -0.25) is 0 Å². The van der Waals surface area contributed by atoms with Crippen LogP contribution in [0.15, 0.2) is 46.9 Å². The predicted octanol–water partition coefficient (Wildman–Crippen LogP) is 3.03. The van der Waals surface area contributed by atoms with Crippen molar-refractivity contribution in [1.82, 2.24) is 0 Å². The molecule has 0 saturated heterocycles. The number of hydrogen-bond donors (Lipinski definition) is 4. The van der Waals surface area contributed by atoms with Gasteiger partial charge in [0.05, 0.1) is 6.61 Å². The molecule has 2 aromatic rings. The summed E-state index contributed by atoms with van der Waals surface area (Å²) in [6.45, 7) is 1.87. The van der Waals surface area contributed by atoms with Crippen LogP contribution in [-0.2, 0) is 28.9 Å². The van der Waals surface area contributed by atoms with Gasteiger partial charge in [-0.25, -0.2) is 9.59 Å². The maximum Gasteiger partial charge on any atom is 0.414 e. The van der Waals surface area contributed by atoms with Gasteiger partial charge in [0, 0.05) is 18.4 Å². The van der Waals surface area contributed by atoms with Crippen LogP contribution in [0.2, 0.25) is 0 Å². The van der Waals surface area contributed by atoms with E-state index in [4.69, 9.17) is 30.0 Å². The molecule has 0 saturated carbocycles. The van der Waals surface area contributed by atoms with E-state index in [9.17, 15) is 5.11 Å². The summed E-state index contributed by atoms with van der Waals surface area (Å²) in [6, 6.07) is 14.7. The Morgan fingerprint density at radius 1 is 0.897 bits per heavy atom. The molecule has 2 rings (SSSR count). The zero-order valence-corrected chi connectivity index (χ0v) is 16.8. The molecule has 1 atom stereocenters. The van der Waals surface area contributed by atoms with E-state index in [1.165, 1.54) is 18.4 Å². The summed E-state index contributed by atoms with van der Waals surface area (Å²) in [6.07, 6.45) is 7.26. The van der Waals surface area contributed by atoms with Crippen molar-refractivity contribution in [2.45, 2.75) is 57.4 Å². The SMILES string of the molecule is C[C@](N)(CO)CCc1ccc(CCCCCc2ccccc2)o1.O=C(O)C(=O)O. The van der Waals surface area contributed by atoms with Gasteiger partial charge in [-0.05, 0) is 50.3 Å². The Balaban J connectivity index is 0.000000612. The monoisotopic (exact) mass is 405 g/mol. The summed E-state index contributed by atoms with van der Waals surface area (Å²) >= 11 is 0. The molecule has 0 radical (unpaired) electrons. The van der Waals surface area contributed by atoms with Crippen molar-refractivity contribution >= 4 is 11.9 Å². The first kappa shape index (κ1) is 24.4. The van der Waals surface area contributed by atoms with E-state index in [-0.39, 0.29) is 6.61 Å². The van der Waals surface area contributed by atoms with Crippen molar-refractivity contribution in [2.75, 3.05) is 6.61 Å². The molecule has 1 aromatic carbocycles. The zero-order valence-electron chi connectivity index (χ0n) is 16.8. The van der Waals surface area contributed by atoms with E-state index in [0.717, 1.165) is 43.6 Å². The number of nitrogens with two attached hydrogens (primary N) is 1. The third kappa shape index (κ3) is 11.1. The average Bonchev–Trinajstić information content (AvgIpc) is 3.15. The van der Waals surface area contributed by atoms with Crippen LogP contribution in [0, 0.1) is 0 Å². The standard InChI is InChI=1S/C20H29NO2.C2H2O4/c1-20(21,16-22)15-14-19-13-12-18(23-19)11-7-3-6-10-17-8-4-2-5-9-17;3-1(4)2(5)6/h2,4-5,8-9,12-13,22H,3,6-7,10-11,14-16,21H2,1H3;(H,3,4)(H,5,6)/t20-;/m1./s1. The fourth-order valence-electron chi connectivity index (χ4n) is 2.63. The van der Waals surface area contributed by atoms with Gasteiger partial charge >= 0.3 is 11.9 Å². The molecule has 29 heavy (non-hydrogen) atoms. The van der Waals surface area contributed by atoms with Crippen molar-refractivity contribution in [3.8, 4) is 0 Å². The second kappa shape index (κ2) is 12.7. The Hall–Kier alpha value is -2.64. The fraction of sp³-hybridized carbons (Fsp3) is 0.455. The number of carboxylic acid groups (broad SMARTS) is 2. The van der Waals surface area contributed by atoms with E-state index in [0.29, 0.717) is 0 Å².